The summed E-state index contributed by atoms with van der Waals surface area (Å²) in [5.41, 5.74) is 2.46. The quantitative estimate of drug-likeness (QED) is 0.884. The molecule has 0 aromatic carbocycles. The zero-order valence-electron chi connectivity index (χ0n) is 13.1. The van der Waals surface area contributed by atoms with Gasteiger partial charge in [0.1, 0.15) is 5.82 Å². The van der Waals surface area contributed by atoms with E-state index in [-0.39, 0.29) is 0 Å². The number of nitrogens with one attached hydrogen (secondary N) is 1. The molecule has 1 aromatic heterocycles. The van der Waals surface area contributed by atoms with Gasteiger partial charge >= 0.3 is 0 Å². The number of hydrogen-bond donors (Lipinski definition) is 1. The number of aromatic nitrogens is 2. The summed E-state index contributed by atoms with van der Waals surface area (Å²) in [6.07, 6.45) is 0. The molecule has 0 bridgehead atoms. The molecule has 2 rings (SSSR count). The molecule has 2 heterocycles. The highest BCUT2D eigenvalue weighted by molar-refractivity contribution is 5.51. The Morgan fingerprint density at radius 1 is 1.21 bits per heavy atom. The highest BCUT2D eigenvalue weighted by Crippen LogP contribution is 2.26. The maximum absolute atomic E-state index is 4.60. The number of aryl methyl sites for hydroxylation is 2. The van der Waals surface area contributed by atoms with Crippen LogP contribution in [-0.4, -0.2) is 53.9 Å². The average Bonchev–Trinajstić information content (AvgIpc) is 2.61. The minimum Gasteiger partial charge on any atom is -0.353 e. The first-order valence-electron chi connectivity index (χ1n) is 7.09. The van der Waals surface area contributed by atoms with E-state index in [0.29, 0.717) is 12.1 Å². The van der Waals surface area contributed by atoms with Crippen molar-refractivity contribution in [2.45, 2.75) is 39.4 Å². The summed E-state index contributed by atoms with van der Waals surface area (Å²) in [6, 6.07) is 1.14. The smallest absolute Gasteiger partial charge is 0.131 e. The molecule has 2 unspecified atom stereocenters. The molecule has 108 valence electrons. The summed E-state index contributed by atoms with van der Waals surface area (Å²) < 4.78 is 2.03. The SMILES string of the molecule is CNCc1c(C)nn(C)c1N1CC(C)N(C)C(C)C1. The lowest BCUT2D eigenvalue weighted by Gasteiger charge is -2.43. The number of rotatable bonds is 3. The Bertz CT molecular complexity index is 427. The largest absolute Gasteiger partial charge is 0.353 e. The second-order valence-corrected chi connectivity index (χ2v) is 5.81. The van der Waals surface area contributed by atoms with Crippen LogP contribution in [0.4, 0.5) is 5.82 Å². The van der Waals surface area contributed by atoms with Crippen molar-refractivity contribution in [1.82, 2.24) is 20.0 Å². The van der Waals surface area contributed by atoms with Gasteiger partial charge in [-0.3, -0.25) is 9.58 Å². The second kappa shape index (κ2) is 5.51. The van der Waals surface area contributed by atoms with Crippen molar-refractivity contribution in [2.24, 2.45) is 7.05 Å². The molecule has 19 heavy (non-hydrogen) atoms. The number of anilines is 1. The van der Waals surface area contributed by atoms with Crippen molar-refractivity contribution in [3.63, 3.8) is 0 Å². The maximum Gasteiger partial charge on any atom is 0.131 e. The number of hydrogen-bond acceptors (Lipinski definition) is 4. The molecule has 1 saturated heterocycles. The average molecular weight is 265 g/mol. The zero-order chi connectivity index (χ0) is 14.2. The Labute approximate surface area is 116 Å². The summed E-state index contributed by atoms with van der Waals surface area (Å²) in [5, 5.41) is 7.85. The fourth-order valence-electron chi connectivity index (χ4n) is 3.05. The monoisotopic (exact) mass is 265 g/mol. The van der Waals surface area contributed by atoms with Crippen LogP contribution in [-0.2, 0) is 13.6 Å². The van der Waals surface area contributed by atoms with Gasteiger partial charge in [0.15, 0.2) is 0 Å². The van der Waals surface area contributed by atoms with Gasteiger partial charge in [0.05, 0.1) is 5.69 Å². The Balaban J connectivity index is 2.31. The molecular weight excluding hydrogens is 238 g/mol. The molecule has 0 amide bonds. The third kappa shape index (κ3) is 2.62. The molecule has 1 aliphatic heterocycles. The molecule has 1 N–H and O–H groups in total. The van der Waals surface area contributed by atoms with Crippen LogP contribution < -0.4 is 10.2 Å². The van der Waals surface area contributed by atoms with Crippen molar-refractivity contribution in [3.8, 4) is 0 Å². The van der Waals surface area contributed by atoms with Crippen molar-refractivity contribution in [1.29, 1.82) is 0 Å². The van der Waals surface area contributed by atoms with Crippen LogP contribution in [0.3, 0.4) is 0 Å². The number of nitrogens with zero attached hydrogens (tertiary/aromatic N) is 4. The van der Waals surface area contributed by atoms with Gasteiger partial charge in [-0.2, -0.15) is 5.10 Å². The maximum atomic E-state index is 4.60. The topological polar surface area (TPSA) is 36.3 Å². The Morgan fingerprint density at radius 3 is 2.32 bits per heavy atom. The van der Waals surface area contributed by atoms with Crippen LogP contribution >= 0.6 is 0 Å². The van der Waals surface area contributed by atoms with E-state index in [4.69, 9.17) is 0 Å². The van der Waals surface area contributed by atoms with Crippen molar-refractivity contribution in [3.05, 3.63) is 11.3 Å². The molecule has 5 heteroatoms. The molecular formula is C14H27N5. The lowest BCUT2D eigenvalue weighted by Crippen LogP contribution is -2.55. The molecule has 2 atom stereocenters. The highest BCUT2D eigenvalue weighted by atomic mass is 15.4. The molecule has 0 radical (unpaired) electrons. The van der Waals surface area contributed by atoms with E-state index in [9.17, 15) is 0 Å². The first kappa shape index (κ1) is 14.3. The Morgan fingerprint density at radius 2 is 1.79 bits per heavy atom. The molecule has 0 saturated carbocycles. The van der Waals surface area contributed by atoms with Gasteiger partial charge < -0.3 is 10.2 Å². The van der Waals surface area contributed by atoms with E-state index in [0.717, 1.165) is 25.3 Å². The summed E-state index contributed by atoms with van der Waals surface area (Å²) in [7, 11) is 6.26. The van der Waals surface area contributed by atoms with E-state index in [1.165, 1.54) is 11.4 Å². The van der Waals surface area contributed by atoms with E-state index in [2.05, 4.69) is 55.1 Å². The summed E-state index contributed by atoms with van der Waals surface area (Å²) in [5.74, 6) is 1.28. The van der Waals surface area contributed by atoms with Crippen molar-refractivity contribution in [2.75, 3.05) is 32.1 Å². The fraction of sp³-hybridized carbons (Fsp3) is 0.786. The van der Waals surface area contributed by atoms with Crippen LogP contribution in [0.5, 0.6) is 0 Å². The van der Waals surface area contributed by atoms with Gasteiger partial charge in [0, 0.05) is 44.3 Å². The predicted octanol–water partition coefficient (Wildman–Crippen LogP) is 0.977. The minimum absolute atomic E-state index is 0.571. The van der Waals surface area contributed by atoms with Crippen LogP contribution in [0.2, 0.25) is 0 Å². The Kier molecular flexibility index (Phi) is 4.16. The van der Waals surface area contributed by atoms with Crippen LogP contribution in [0.15, 0.2) is 0 Å². The lowest BCUT2D eigenvalue weighted by atomic mass is 10.1. The number of piperazine rings is 1. The first-order valence-corrected chi connectivity index (χ1v) is 7.09. The van der Waals surface area contributed by atoms with Gasteiger partial charge in [-0.1, -0.05) is 0 Å². The third-order valence-electron chi connectivity index (χ3n) is 4.33. The fourth-order valence-corrected chi connectivity index (χ4v) is 3.05. The first-order chi connectivity index (χ1) is 8.95. The van der Waals surface area contributed by atoms with Gasteiger partial charge in [0.25, 0.3) is 0 Å². The lowest BCUT2D eigenvalue weighted by molar-refractivity contribution is 0.169. The summed E-state index contributed by atoms with van der Waals surface area (Å²) in [6.45, 7) is 9.70. The summed E-state index contributed by atoms with van der Waals surface area (Å²) in [4.78, 5) is 4.94. The standard InChI is InChI=1S/C14H27N5/c1-10-8-19(9-11(2)17(10)5)14-13(7-15-4)12(3)16-18(14)6/h10-11,15H,7-9H2,1-6H3. The van der Waals surface area contributed by atoms with Crippen LogP contribution in [0.25, 0.3) is 0 Å². The molecule has 1 aromatic rings. The summed E-state index contributed by atoms with van der Waals surface area (Å²) >= 11 is 0. The molecule has 0 aliphatic carbocycles. The van der Waals surface area contributed by atoms with Crippen LogP contribution in [0, 0.1) is 6.92 Å². The van der Waals surface area contributed by atoms with E-state index >= 15 is 0 Å². The Hall–Kier alpha value is -1.07. The van der Waals surface area contributed by atoms with E-state index in [1.54, 1.807) is 0 Å². The molecule has 5 nitrogen and oxygen atoms in total. The minimum atomic E-state index is 0.571. The van der Waals surface area contributed by atoms with Gasteiger partial charge in [0.2, 0.25) is 0 Å². The highest BCUT2D eigenvalue weighted by Gasteiger charge is 2.29. The third-order valence-corrected chi connectivity index (χ3v) is 4.33. The van der Waals surface area contributed by atoms with Crippen molar-refractivity contribution < 1.29 is 0 Å². The normalized spacial score (nSPS) is 25.1. The number of likely N-dealkylation sites (N-methyl/N-ethyl adjacent to an activating group) is 1. The van der Waals surface area contributed by atoms with Gasteiger partial charge in [-0.25, -0.2) is 0 Å². The predicted molar refractivity (Wildman–Crippen MR) is 79.6 cm³/mol. The molecule has 1 fully saturated rings. The van der Waals surface area contributed by atoms with Crippen LogP contribution in [0.1, 0.15) is 25.1 Å². The van der Waals surface area contributed by atoms with E-state index < -0.39 is 0 Å². The molecule has 0 spiro atoms. The van der Waals surface area contributed by atoms with Gasteiger partial charge in [-0.15, -0.1) is 0 Å². The van der Waals surface area contributed by atoms with Gasteiger partial charge in [-0.05, 0) is 34.9 Å². The van der Waals surface area contributed by atoms with Crippen molar-refractivity contribution >= 4 is 5.82 Å². The van der Waals surface area contributed by atoms with E-state index in [1.807, 2.05) is 11.7 Å². The molecule has 1 aliphatic rings. The second-order valence-electron chi connectivity index (χ2n) is 5.81. The zero-order valence-corrected chi connectivity index (χ0v) is 13.1.